The van der Waals surface area contributed by atoms with Gasteiger partial charge in [-0.25, -0.2) is 9.78 Å². The number of urea groups is 1. The normalized spacial score (nSPS) is 19.7. The van der Waals surface area contributed by atoms with E-state index in [-0.39, 0.29) is 18.2 Å². The lowest BCUT2D eigenvalue weighted by molar-refractivity contribution is -0.00546. The summed E-state index contributed by atoms with van der Waals surface area (Å²) in [6.45, 7) is 10.6. The molecule has 27 heavy (non-hydrogen) atoms. The third-order valence-electron chi connectivity index (χ3n) is 4.40. The van der Waals surface area contributed by atoms with E-state index in [9.17, 15) is 4.79 Å². The number of hydrogen-bond donors (Lipinski definition) is 2. The molecule has 0 bridgehead atoms. The van der Waals surface area contributed by atoms with Gasteiger partial charge in [0.05, 0.1) is 12.2 Å². The predicted molar refractivity (Wildman–Crippen MR) is 107 cm³/mol. The molecule has 0 saturated carbocycles. The van der Waals surface area contributed by atoms with Crippen LogP contribution in [0.4, 0.5) is 10.6 Å². The zero-order valence-electron chi connectivity index (χ0n) is 16.9. The Morgan fingerprint density at radius 2 is 1.96 bits per heavy atom. The first-order chi connectivity index (χ1) is 13.1. The highest BCUT2D eigenvalue weighted by Gasteiger charge is 2.22. The molecule has 1 aromatic heterocycles. The fourth-order valence-corrected chi connectivity index (χ4v) is 3.04. The molecule has 152 valence electrons. The molecule has 0 aromatic carbocycles. The summed E-state index contributed by atoms with van der Waals surface area (Å²) in [5.41, 5.74) is 0.978. The molecule has 2 heterocycles. The van der Waals surface area contributed by atoms with Crippen molar-refractivity contribution in [2.24, 2.45) is 0 Å². The van der Waals surface area contributed by atoms with Crippen molar-refractivity contribution in [2.75, 3.05) is 37.7 Å². The largest absolute Gasteiger partial charge is 0.381 e. The van der Waals surface area contributed by atoms with Crippen LogP contribution in [0, 0.1) is 0 Å². The van der Waals surface area contributed by atoms with E-state index >= 15 is 0 Å². The van der Waals surface area contributed by atoms with Crippen molar-refractivity contribution in [3.8, 4) is 0 Å². The number of morpholine rings is 1. The van der Waals surface area contributed by atoms with Gasteiger partial charge in [-0.3, -0.25) is 0 Å². The van der Waals surface area contributed by atoms with Gasteiger partial charge >= 0.3 is 6.03 Å². The number of pyridine rings is 1. The number of aromatic nitrogens is 1. The van der Waals surface area contributed by atoms with Crippen LogP contribution in [0.2, 0.25) is 0 Å². The van der Waals surface area contributed by atoms with Crippen LogP contribution in [0.25, 0.3) is 0 Å². The average Bonchev–Trinajstić information content (AvgIpc) is 2.65. The number of carbonyl (C=O) groups is 1. The van der Waals surface area contributed by atoms with Gasteiger partial charge in [0, 0.05) is 45.6 Å². The molecule has 2 unspecified atom stereocenters. The maximum Gasteiger partial charge on any atom is 0.315 e. The van der Waals surface area contributed by atoms with Gasteiger partial charge in [0.2, 0.25) is 0 Å². The van der Waals surface area contributed by atoms with E-state index in [4.69, 9.17) is 9.47 Å². The first-order valence-corrected chi connectivity index (χ1v) is 10.0. The summed E-state index contributed by atoms with van der Waals surface area (Å²) < 4.78 is 11.2. The van der Waals surface area contributed by atoms with Crippen molar-refractivity contribution in [2.45, 2.75) is 58.8 Å². The number of anilines is 1. The molecule has 1 aliphatic rings. The Balaban J connectivity index is 1.64. The third-order valence-corrected chi connectivity index (χ3v) is 4.40. The van der Waals surface area contributed by atoms with Crippen molar-refractivity contribution < 1.29 is 14.3 Å². The topological polar surface area (TPSA) is 75.7 Å². The molecule has 1 fully saturated rings. The molecular weight excluding hydrogens is 344 g/mol. The number of hydrogen-bond acceptors (Lipinski definition) is 5. The first kappa shape index (κ1) is 21.4. The van der Waals surface area contributed by atoms with Crippen molar-refractivity contribution in [3.63, 3.8) is 0 Å². The highest BCUT2D eigenvalue weighted by Crippen LogP contribution is 2.18. The standard InChI is InChI=1S/C20H34N4O3/c1-4-5-10-26-11-6-9-21-20(25)23-13-18-7-8-19(22-12-18)24-14-16(2)27-17(3)15-24/h7-8,12,16-17H,4-6,9-11,13-15H2,1-3H3,(H2,21,23,25). The third kappa shape index (κ3) is 8.13. The summed E-state index contributed by atoms with van der Waals surface area (Å²) in [7, 11) is 0. The number of rotatable bonds is 10. The Kier molecular flexibility index (Phi) is 9.35. The molecule has 7 nitrogen and oxygen atoms in total. The van der Waals surface area contributed by atoms with Crippen LogP contribution >= 0.6 is 0 Å². The molecule has 1 saturated heterocycles. The van der Waals surface area contributed by atoms with E-state index in [0.717, 1.165) is 50.3 Å². The average molecular weight is 379 g/mol. The molecular formula is C20H34N4O3. The zero-order valence-corrected chi connectivity index (χ0v) is 16.9. The van der Waals surface area contributed by atoms with Gasteiger partial charge in [0.1, 0.15) is 5.82 Å². The van der Waals surface area contributed by atoms with Gasteiger partial charge in [0.25, 0.3) is 0 Å². The van der Waals surface area contributed by atoms with Crippen molar-refractivity contribution >= 4 is 11.8 Å². The van der Waals surface area contributed by atoms with Crippen LogP contribution in [0.3, 0.4) is 0 Å². The first-order valence-electron chi connectivity index (χ1n) is 10.0. The zero-order chi connectivity index (χ0) is 19.5. The molecule has 2 atom stereocenters. The predicted octanol–water partition coefficient (Wildman–Crippen LogP) is 2.70. The van der Waals surface area contributed by atoms with Crippen molar-refractivity contribution in [1.82, 2.24) is 15.6 Å². The lowest BCUT2D eigenvalue weighted by atomic mass is 10.2. The number of carbonyl (C=O) groups excluding carboxylic acids is 1. The fourth-order valence-electron chi connectivity index (χ4n) is 3.04. The molecule has 0 aliphatic carbocycles. The number of unbranched alkanes of at least 4 members (excludes halogenated alkanes) is 1. The Hall–Kier alpha value is -1.86. The van der Waals surface area contributed by atoms with Crippen LogP contribution in [-0.2, 0) is 16.0 Å². The van der Waals surface area contributed by atoms with Crippen LogP contribution in [0.1, 0.15) is 45.6 Å². The second-order valence-corrected chi connectivity index (χ2v) is 7.12. The van der Waals surface area contributed by atoms with E-state index in [0.29, 0.717) is 19.7 Å². The van der Waals surface area contributed by atoms with E-state index < -0.39 is 0 Å². The van der Waals surface area contributed by atoms with Gasteiger partial charge in [-0.05, 0) is 38.3 Å². The monoisotopic (exact) mass is 378 g/mol. The minimum atomic E-state index is -0.163. The summed E-state index contributed by atoms with van der Waals surface area (Å²) in [6, 6.07) is 3.85. The Morgan fingerprint density at radius 3 is 2.63 bits per heavy atom. The van der Waals surface area contributed by atoms with Gasteiger partial charge in [-0.1, -0.05) is 19.4 Å². The molecule has 7 heteroatoms. The smallest absolute Gasteiger partial charge is 0.315 e. The molecule has 0 radical (unpaired) electrons. The van der Waals surface area contributed by atoms with Crippen LogP contribution in [0.15, 0.2) is 18.3 Å². The van der Waals surface area contributed by atoms with Gasteiger partial charge in [-0.15, -0.1) is 0 Å². The summed E-state index contributed by atoms with van der Waals surface area (Å²) in [5, 5.41) is 5.70. The SMILES string of the molecule is CCCCOCCCNC(=O)NCc1ccc(N2CC(C)OC(C)C2)nc1. The van der Waals surface area contributed by atoms with E-state index in [1.54, 1.807) is 0 Å². The highest BCUT2D eigenvalue weighted by molar-refractivity contribution is 5.73. The maximum absolute atomic E-state index is 11.8. The van der Waals surface area contributed by atoms with E-state index in [1.807, 2.05) is 18.3 Å². The molecule has 2 N–H and O–H groups in total. The Bertz CT molecular complexity index is 543. The van der Waals surface area contributed by atoms with Crippen LogP contribution < -0.4 is 15.5 Å². The molecule has 1 aromatic rings. The molecule has 2 rings (SSSR count). The second-order valence-electron chi connectivity index (χ2n) is 7.12. The second kappa shape index (κ2) is 11.8. The van der Waals surface area contributed by atoms with Crippen LogP contribution in [0.5, 0.6) is 0 Å². The summed E-state index contributed by atoms with van der Waals surface area (Å²) in [6.07, 6.45) is 5.28. The Morgan fingerprint density at radius 1 is 1.22 bits per heavy atom. The van der Waals surface area contributed by atoms with Gasteiger partial charge < -0.3 is 25.0 Å². The minimum Gasteiger partial charge on any atom is -0.381 e. The van der Waals surface area contributed by atoms with Gasteiger partial charge in [-0.2, -0.15) is 0 Å². The molecule has 1 aliphatic heterocycles. The number of nitrogens with one attached hydrogen (secondary N) is 2. The van der Waals surface area contributed by atoms with Crippen molar-refractivity contribution in [1.29, 1.82) is 0 Å². The van der Waals surface area contributed by atoms with E-state index in [2.05, 4.69) is 41.3 Å². The lowest BCUT2D eigenvalue weighted by Crippen LogP contribution is -2.45. The van der Waals surface area contributed by atoms with Crippen molar-refractivity contribution in [3.05, 3.63) is 23.9 Å². The fraction of sp³-hybridized carbons (Fsp3) is 0.700. The van der Waals surface area contributed by atoms with E-state index in [1.165, 1.54) is 0 Å². The number of ether oxygens (including phenoxy) is 2. The molecule has 2 amide bonds. The Labute approximate surface area is 162 Å². The highest BCUT2D eigenvalue weighted by atomic mass is 16.5. The molecule has 0 spiro atoms. The van der Waals surface area contributed by atoms with Gasteiger partial charge in [0.15, 0.2) is 0 Å². The number of nitrogens with zero attached hydrogens (tertiary/aromatic N) is 2. The minimum absolute atomic E-state index is 0.163. The maximum atomic E-state index is 11.8. The number of amides is 2. The lowest BCUT2D eigenvalue weighted by Gasteiger charge is -2.36. The summed E-state index contributed by atoms with van der Waals surface area (Å²) >= 11 is 0. The summed E-state index contributed by atoms with van der Waals surface area (Å²) in [5.74, 6) is 0.952. The van der Waals surface area contributed by atoms with Crippen LogP contribution in [-0.4, -0.2) is 56.1 Å². The quantitative estimate of drug-likeness (QED) is 0.612. The summed E-state index contributed by atoms with van der Waals surface area (Å²) in [4.78, 5) is 18.6.